The molecule has 0 aliphatic rings. The molecule has 0 aliphatic carbocycles. The zero-order valence-corrected chi connectivity index (χ0v) is 5.13. The highest BCUT2D eigenvalue weighted by Gasteiger charge is 2.11. The van der Waals surface area contributed by atoms with Crippen LogP contribution in [0.2, 0.25) is 0 Å². The number of nitrogens with zero attached hydrogens (tertiary/aromatic N) is 1. The SMILES string of the molecule is COC(=O)[C@H](N)CC#N. The third kappa shape index (κ3) is 2.67. The molecule has 0 aromatic carbocycles. The van der Waals surface area contributed by atoms with Crippen LogP contribution >= 0.6 is 0 Å². The van der Waals surface area contributed by atoms with Crippen LogP contribution in [-0.2, 0) is 9.53 Å². The van der Waals surface area contributed by atoms with Crippen LogP contribution < -0.4 is 5.73 Å². The Bertz CT molecular complexity index is 138. The Kier molecular flexibility index (Phi) is 3.40. The molecule has 0 amide bonds. The lowest BCUT2D eigenvalue weighted by Crippen LogP contribution is -2.30. The lowest BCUT2D eigenvalue weighted by atomic mass is 10.2. The third-order valence-corrected chi connectivity index (χ3v) is 0.815. The Balaban J connectivity index is 3.62. The maximum absolute atomic E-state index is 10.4. The van der Waals surface area contributed by atoms with E-state index in [1.54, 1.807) is 6.07 Å². The summed E-state index contributed by atoms with van der Waals surface area (Å²) in [7, 11) is 1.24. The zero-order chi connectivity index (χ0) is 7.28. The Labute approximate surface area is 53.2 Å². The molecular weight excluding hydrogens is 120 g/mol. The van der Waals surface area contributed by atoms with Gasteiger partial charge in [0.25, 0.3) is 0 Å². The summed E-state index contributed by atoms with van der Waals surface area (Å²) in [6, 6.07) is 0.965. The molecule has 0 fully saturated rings. The molecule has 2 N–H and O–H groups in total. The number of rotatable bonds is 2. The molecule has 0 aromatic rings. The molecule has 0 unspecified atom stereocenters. The smallest absolute Gasteiger partial charge is 0.323 e. The van der Waals surface area contributed by atoms with Crippen LogP contribution in [0.5, 0.6) is 0 Å². The van der Waals surface area contributed by atoms with Gasteiger partial charge in [0, 0.05) is 0 Å². The van der Waals surface area contributed by atoms with Gasteiger partial charge in [0.05, 0.1) is 19.6 Å². The van der Waals surface area contributed by atoms with Crippen LogP contribution in [0, 0.1) is 11.3 Å². The second-order valence-electron chi connectivity index (χ2n) is 1.49. The normalized spacial score (nSPS) is 11.7. The average molecular weight is 128 g/mol. The van der Waals surface area contributed by atoms with Gasteiger partial charge >= 0.3 is 5.97 Å². The first-order valence-electron chi connectivity index (χ1n) is 2.42. The van der Waals surface area contributed by atoms with Crippen molar-refractivity contribution in [1.82, 2.24) is 0 Å². The lowest BCUT2D eigenvalue weighted by Gasteiger charge is -2.01. The van der Waals surface area contributed by atoms with Crippen LogP contribution in [-0.4, -0.2) is 19.1 Å². The molecule has 0 radical (unpaired) electrons. The third-order valence-electron chi connectivity index (χ3n) is 0.815. The molecule has 0 saturated heterocycles. The molecule has 1 atom stereocenters. The molecular formula is C5H8N2O2. The highest BCUT2D eigenvalue weighted by molar-refractivity contribution is 5.75. The van der Waals surface area contributed by atoms with Crippen molar-refractivity contribution in [1.29, 1.82) is 5.26 Å². The van der Waals surface area contributed by atoms with Crippen molar-refractivity contribution in [3.63, 3.8) is 0 Å². The maximum atomic E-state index is 10.4. The topological polar surface area (TPSA) is 76.1 Å². The van der Waals surface area contributed by atoms with E-state index in [0.29, 0.717) is 0 Å². The first-order valence-corrected chi connectivity index (χ1v) is 2.42. The van der Waals surface area contributed by atoms with Crippen molar-refractivity contribution in [2.45, 2.75) is 12.5 Å². The summed E-state index contributed by atoms with van der Waals surface area (Å²) in [5, 5.41) is 8.04. The summed E-state index contributed by atoms with van der Waals surface area (Å²) in [6.07, 6.45) is 0.00662. The fraction of sp³-hybridized carbons (Fsp3) is 0.600. The molecule has 4 nitrogen and oxygen atoms in total. The molecule has 0 aromatic heterocycles. The van der Waals surface area contributed by atoms with E-state index in [-0.39, 0.29) is 6.42 Å². The fourth-order valence-corrected chi connectivity index (χ4v) is 0.333. The number of hydrogen-bond acceptors (Lipinski definition) is 4. The average Bonchev–Trinajstić information content (AvgIpc) is 1.87. The predicted octanol–water partition coefficient (Wildman–Crippen LogP) is -0.600. The van der Waals surface area contributed by atoms with E-state index in [0.717, 1.165) is 0 Å². The van der Waals surface area contributed by atoms with E-state index in [4.69, 9.17) is 11.0 Å². The van der Waals surface area contributed by atoms with E-state index in [1.807, 2.05) is 0 Å². The second-order valence-corrected chi connectivity index (χ2v) is 1.49. The molecule has 0 heterocycles. The van der Waals surface area contributed by atoms with Gasteiger partial charge in [-0.1, -0.05) is 0 Å². The first kappa shape index (κ1) is 7.92. The number of nitriles is 1. The summed E-state index contributed by atoms with van der Waals surface area (Å²) in [5.74, 6) is -0.545. The monoisotopic (exact) mass is 128 g/mol. The van der Waals surface area contributed by atoms with Crippen molar-refractivity contribution < 1.29 is 9.53 Å². The lowest BCUT2D eigenvalue weighted by molar-refractivity contribution is -0.142. The van der Waals surface area contributed by atoms with E-state index < -0.39 is 12.0 Å². The minimum absolute atomic E-state index is 0.00662. The summed E-state index contributed by atoms with van der Waals surface area (Å²) in [4.78, 5) is 10.4. The van der Waals surface area contributed by atoms with Gasteiger partial charge in [0.2, 0.25) is 0 Å². The quantitative estimate of drug-likeness (QED) is 0.504. The molecule has 4 heteroatoms. The van der Waals surface area contributed by atoms with Crippen molar-refractivity contribution in [2.24, 2.45) is 5.73 Å². The summed E-state index contributed by atoms with van der Waals surface area (Å²) in [5.41, 5.74) is 5.14. The first-order chi connectivity index (χ1) is 4.22. The van der Waals surface area contributed by atoms with Crippen molar-refractivity contribution in [2.75, 3.05) is 7.11 Å². The van der Waals surface area contributed by atoms with Gasteiger partial charge < -0.3 is 10.5 Å². The van der Waals surface area contributed by atoms with E-state index in [9.17, 15) is 4.79 Å². The molecule has 0 aliphatic heterocycles. The Morgan fingerprint density at radius 1 is 2.00 bits per heavy atom. The van der Waals surface area contributed by atoms with Crippen LogP contribution in [0.1, 0.15) is 6.42 Å². The van der Waals surface area contributed by atoms with Crippen molar-refractivity contribution >= 4 is 5.97 Å². The molecule has 0 bridgehead atoms. The molecule has 0 spiro atoms. The number of hydrogen-bond donors (Lipinski definition) is 1. The van der Waals surface area contributed by atoms with Gasteiger partial charge in [-0.05, 0) is 0 Å². The van der Waals surface area contributed by atoms with Crippen molar-refractivity contribution in [3.05, 3.63) is 0 Å². The van der Waals surface area contributed by atoms with Crippen LogP contribution in [0.25, 0.3) is 0 Å². The molecule has 0 rings (SSSR count). The van der Waals surface area contributed by atoms with Crippen LogP contribution in [0.4, 0.5) is 0 Å². The molecule has 50 valence electrons. The standard InChI is InChI=1S/C5H8N2O2/c1-9-5(8)4(7)2-3-6/h4H,2,7H2,1H3/t4-/m1/s1. The highest BCUT2D eigenvalue weighted by Crippen LogP contribution is 1.87. The van der Waals surface area contributed by atoms with Gasteiger partial charge in [-0.15, -0.1) is 0 Å². The maximum Gasteiger partial charge on any atom is 0.323 e. The minimum Gasteiger partial charge on any atom is -0.468 e. The number of ether oxygens (including phenoxy) is 1. The Hall–Kier alpha value is -1.08. The summed E-state index contributed by atoms with van der Waals surface area (Å²) < 4.78 is 4.25. The number of nitrogens with two attached hydrogens (primary N) is 1. The van der Waals surface area contributed by atoms with Crippen LogP contribution in [0.15, 0.2) is 0 Å². The summed E-state index contributed by atoms with van der Waals surface area (Å²) >= 11 is 0. The number of esters is 1. The molecule has 9 heavy (non-hydrogen) atoms. The van der Waals surface area contributed by atoms with Crippen molar-refractivity contribution in [3.8, 4) is 6.07 Å². The van der Waals surface area contributed by atoms with Crippen LogP contribution in [0.3, 0.4) is 0 Å². The van der Waals surface area contributed by atoms with Gasteiger partial charge in [-0.2, -0.15) is 5.26 Å². The highest BCUT2D eigenvalue weighted by atomic mass is 16.5. The summed E-state index contributed by atoms with van der Waals surface area (Å²) in [6.45, 7) is 0. The zero-order valence-electron chi connectivity index (χ0n) is 5.13. The second kappa shape index (κ2) is 3.87. The van der Waals surface area contributed by atoms with Gasteiger partial charge in [0.15, 0.2) is 0 Å². The van der Waals surface area contributed by atoms with Gasteiger partial charge in [0.1, 0.15) is 6.04 Å². The number of carbonyl (C=O) groups is 1. The van der Waals surface area contributed by atoms with E-state index in [1.165, 1.54) is 7.11 Å². The van der Waals surface area contributed by atoms with E-state index in [2.05, 4.69) is 4.74 Å². The Morgan fingerprint density at radius 2 is 2.56 bits per heavy atom. The minimum atomic E-state index is -0.792. The number of carbonyl (C=O) groups excluding carboxylic acids is 1. The molecule has 0 saturated carbocycles. The number of methoxy groups -OCH3 is 1. The van der Waals surface area contributed by atoms with E-state index >= 15 is 0 Å². The van der Waals surface area contributed by atoms with Gasteiger partial charge in [-0.3, -0.25) is 4.79 Å². The fourth-order valence-electron chi connectivity index (χ4n) is 0.333. The predicted molar refractivity (Wildman–Crippen MR) is 30.2 cm³/mol. The van der Waals surface area contributed by atoms with Gasteiger partial charge in [-0.25, -0.2) is 0 Å². The Morgan fingerprint density at radius 3 is 2.89 bits per heavy atom. The largest absolute Gasteiger partial charge is 0.468 e.